The molecule has 1 atom stereocenters. The van der Waals surface area contributed by atoms with Crippen molar-refractivity contribution in [3.8, 4) is 5.75 Å². The molecule has 0 saturated heterocycles. The molecule has 5 heteroatoms. The van der Waals surface area contributed by atoms with Gasteiger partial charge in [0.25, 0.3) is 0 Å². The van der Waals surface area contributed by atoms with Gasteiger partial charge >= 0.3 is 6.36 Å². The van der Waals surface area contributed by atoms with E-state index in [9.17, 15) is 13.2 Å². The van der Waals surface area contributed by atoms with Gasteiger partial charge < -0.3 is 10.1 Å². The zero-order chi connectivity index (χ0) is 13.4. The molecule has 100 valence electrons. The number of para-hydroxylation sites is 1. The van der Waals surface area contributed by atoms with Gasteiger partial charge in [-0.15, -0.1) is 13.2 Å². The fourth-order valence-corrected chi connectivity index (χ4v) is 2.30. The van der Waals surface area contributed by atoms with Gasteiger partial charge in [-0.05, 0) is 31.4 Å². The highest BCUT2D eigenvalue weighted by Crippen LogP contribution is 2.55. The number of ether oxygens (including phenoxy) is 1. The lowest BCUT2D eigenvalue weighted by atomic mass is 9.91. The molecule has 2 rings (SSSR count). The average molecular weight is 259 g/mol. The van der Waals surface area contributed by atoms with E-state index in [4.69, 9.17) is 0 Å². The summed E-state index contributed by atoms with van der Waals surface area (Å²) in [6.45, 7) is 2.07. The predicted octanol–water partition coefficient (Wildman–Crippen LogP) is 3.65. The van der Waals surface area contributed by atoms with Crippen LogP contribution in [0, 0.1) is 5.41 Å². The van der Waals surface area contributed by atoms with Crippen LogP contribution in [0.25, 0.3) is 0 Å². The Labute approximate surface area is 104 Å². The van der Waals surface area contributed by atoms with Crippen molar-refractivity contribution in [2.75, 3.05) is 7.05 Å². The summed E-state index contributed by atoms with van der Waals surface area (Å²) in [7, 11) is 1.76. The highest BCUT2D eigenvalue weighted by molar-refractivity contribution is 5.38. The summed E-state index contributed by atoms with van der Waals surface area (Å²) in [5, 5.41) is 3.10. The topological polar surface area (TPSA) is 21.3 Å². The minimum atomic E-state index is -4.65. The molecule has 1 aromatic rings. The first-order valence-electron chi connectivity index (χ1n) is 5.88. The first kappa shape index (κ1) is 13.2. The van der Waals surface area contributed by atoms with Gasteiger partial charge in [0.05, 0.1) is 0 Å². The Hall–Kier alpha value is -1.23. The third-order valence-electron chi connectivity index (χ3n) is 3.48. The Balaban J connectivity index is 2.31. The first-order valence-corrected chi connectivity index (χ1v) is 5.88. The highest BCUT2D eigenvalue weighted by atomic mass is 19.4. The molecule has 0 spiro atoms. The molecule has 1 saturated carbocycles. The highest BCUT2D eigenvalue weighted by Gasteiger charge is 2.46. The predicted molar refractivity (Wildman–Crippen MR) is 62.3 cm³/mol. The van der Waals surface area contributed by atoms with E-state index < -0.39 is 6.36 Å². The third-order valence-corrected chi connectivity index (χ3v) is 3.48. The quantitative estimate of drug-likeness (QED) is 0.891. The summed E-state index contributed by atoms with van der Waals surface area (Å²) in [5.41, 5.74) is 0.595. The smallest absolute Gasteiger partial charge is 0.405 e. The fourth-order valence-electron chi connectivity index (χ4n) is 2.30. The Morgan fingerprint density at radius 1 is 1.28 bits per heavy atom. The lowest BCUT2D eigenvalue weighted by molar-refractivity contribution is -0.275. The van der Waals surface area contributed by atoms with E-state index in [0.29, 0.717) is 5.56 Å². The number of hydrogen-bond acceptors (Lipinski definition) is 2. The molecule has 2 nitrogen and oxygen atoms in total. The molecule has 1 aliphatic carbocycles. The van der Waals surface area contributed by atoms with Crippen LogP contribution >= 0.6 is 0 Å². The summed E-state index contributed by atoms with van der Waals surface area (Å²) < 4.78 is 41.2. The summed E-state index contributed by atoms with van der Waals surface area (Å²) in [6, 6.07) is 6.21. The maximum atomic E-state index is 12.4. The van der Waals surface area contributed by atoms with E-state index in [-0.39, 0.29) is 17.2 Å². The molecule has 1 N–H and O–H groups in total. The van der Waals surface area contributed by atoms with Crippen LogP contribution in [0.15, 0.2) is 24.3 Å². The average Bonchev–Trinajstić information content (AvgIpc) is 2.99. The Morgan fingerprint density at radius 2 is 1.89 bits per heavy atom. The molecule has 0 aliphatic heterocycles. The van der Waals surface area contributed by atoms with Crippen molar-refractivity contribution in [2.45, 2.75) is 32.2 Å². The third kappa shape index (κ3) is 2.77. The minimum absolute atomic E-state index is 0.0276. The van der Waals surface area contributed by atoms with Crippen LogP contribution in [0.1, 0.15) is 31.4 Å². The molecule has 1 aromatic carbocycles. The molecular formula is C13H16F3NO. The van der Waals surface area contributed by atoms with Crippen LogP contribution in [-0.2, 0) is 0 Å². The second-order valence-corrected chi connectivity index (χ2v) is 4.96. The van der Waals surface area contributed by atoms with E-state index >= 15 is 0 Å². The van der Waals surface area contributed by atoms with Crippen molar-refractivity contribution >= 4 is 0 Å². The van der Waals surface area contributed by atoms with Gasteiger partial charge in [0.2, 0.25) is 0 Å². The fraction of sp³-hybridized carbons (Fsp3) is 0.538. The Morgan fingerprint density at radius 3 is 2.39 bits per heavy atom. The number of halogens is 3. The Bertz CT molecular complexity index is 426. The van der Waals surface area contributed by atoms with Gasteiger partial charge in [-0.2, -0.15) is 0 Å². The monoisotopic (exact) mass is 259 g/mol. The molecule has 0 bridgehead atoms. The van der Waals surface area contributed by atoms with Crippen molar-refractivity contribution in [2.24, 2.45) is 5.41 Å². The van der Waals surface area contributed by atoms with Gasteiger partial charge in [-0.25, -0.2) is 0 Å². The number of rotatable bonds is 4. The standard InChI is InChI=1S/C13H16F3NO/c1-12(7-8-12)11(17-2)9-5-3-4-6-10(9)18-13(14,15)16/h3-6,11,17H,7-8H2,1-2H3. The van der Waals surface area contributed by atoms with Crippen molar-refractivity contribution < 1.29 is 17.9 Å². The van der Waals surface area contributed by atoms with Crippen molar-refractivity contribution in [1.82, 2.24) is 5.32 Å². The normalized spacial score (nSPS) is 19.4. The molecule has 0 radical (unpaired) electrons. The van der Waals surface area contributed by atoms with Crippen molar-refractivity contribution in [3.05, 3.63) is 29.8 Å². The molecular weight excluding hydrogens is 243 g/mol. The van der Waals surface area contributed by atoms with Gasteiger partial charge in [0.1, 0.15) is 5.75 Å². The summed E-state index contributed by atoms with van der Waals surface area (Å²) in [4.78, 5) is 0. The van der Waals surface area contributed by atoms with Gasteiger partial charge in [-0.3, -0.25) is 0 Å². The van der Waals surface area contributed by atoms with Crippen molar-refractivity contribution in [1.29, 1.82) is 0 Å². The van der Waals surface area contributed by atoms with E-state index in [1.165, 1.54) is 6.07 Å². The van der Waals surface area contributed by atoms with Crippen molar-refractivity contribution in [3.63, 3.8) is 0 Å². The second-order valence-electron chi connectivity index (χ2n) is 4.96. The molecule has 18 heavy (non-hydrogen) atoms. The van der Waals surface area contributed by atoms with Crippen LogP contribution in [-0.4, -0.2) is 13.4 Å². The van der Waals surface area contributed by atoms with Crippen LogP contribution in [0.3, 0.4) is 0 Å². The summed E-state index contributed by atoms with van der Waals surface area (Å²) in [5.74, 6) is -0.113. The summed E-state index contributed by atoms with van der Waals surface area (Å²) in [6.07, 6.45) is -2.63. The first-order chi connectivity index (χ1) is 8.36. The SMILES string of the molecule is CNC(c1ccccc1OC(F)(F)F)C1(C)CC1. The lowest BCUT2D eigenvalue weighted by Crippen LogP contribution is -2.26. The minimum Gasteiger partial charge on any atom is -0.405 e. The second kappa shape index (κ2) is 4.46. The van der Waals surface area contributed by atoms with Crippen LogP contribution in [0.2, 0.25) is 0 Å². The summed E-state index contributed by atoms with van der Waals surface area (Å²) >= 11 is 0. The van der Waals surface area contributed by atoms with Gasteiger partial charge in [-0.1, -0.05) is 25.1 Å². The molecule has 0 amide bonds. The number of hydrogen-bond donors (Lipinski definition) is 1. The maximum Gasteiger partial charge on any atom is 0.573 e. The van der Waals surface area contributed by atoms with Gasteiger partial charge in [0.15, 0.2) is 0 Å². The zero-order valence-electron chi connectivity index (χ0n) is 10.3. The van der Waals surface area contributed by atoms with Crippen LogP contribution < -0.4 is 10.1 Å². The van der Waals surface area contributed by atoms with E-state index in [1.54, 1.807) is 25.2 Å². The molecule has 1 fully saturated rings. The van der Waals surface area contributed by atoms with Crippen LogP contribution in [0.5, 0.6) is 5.75 Å². The van der Waals surface area contributed by atoms with E-state index in [2.05, 4.69) is 17.0 Å². The molecule has 1 unspecified atom stereocenters. The molecule has 0 aromatic heterocycles. The number of alkyl halides is 3. The number of benzene rings is 1. The molecule has 1 aliphatic rings. The van der Waals surface area contributed by atoms with Crippen LogP contribution in [0.4, 0.5) is 13.2 Å². The van der Waals surface area contributed by atoms with E-state index in [0.717, 1.165) is 12.8 Å². The van der Waals surface area contributed by atoms with E-state index in [1.807, 2.05) is 0 Å². The molecule has 0 heterocycles. The van der Waals surface area contributed by atoms with Gasteiger partial charge in [0, 0.05) is 11.6 Å². The largest absolute Gasteiger partial charge is 0.573 e. The maximum absolute atomic E-state index is 12.4. The zero-order valence-corrected chi connectivity index (χ0v) is 10.3. The number of nitrogens with one attached hydrogen (secondary N) is 1. The lowest BCUT2D eigenvalue weighted by Gasteiger charge is -2.25. The Kier molecular flexibility index (Phi) is 3.27.